The molecule has 0 aliphatic carbocycles. The Morgan fingerprint density at radius 3 is 2.72 bits per heavy atom. The average Bonchev–Trinajstić information content (AvgIpc) is 2.45. The highest BCUT2D eigenvalue weighted by Gasteiger charge is 2.15. The van der Waals surface area contributed by atoms with Crippen molar-refractivity contribution in [3.05, 3.63) is 42.0 Å². The maximum Gasteiger partial charge on any atom is 0.317 e. The summed E-state index contributed by atoms with van der Waals surface area (Å²) in [7, 11) is 0. The largest absolute Gasteiger partial charge is 0.335 e. The summed E-state index contributed by atoms with van der Waals surface area (Å²) in [6.45, 7) is 2.30. The Bertz CT molecular complexity index is 400. The van der Waals surface area contributed by atoms with Gasteiger partial charge in [-0.15, -0.1) is 0 Å². The van der Waals surface area contributed by atoms with Gasteiger partial charge in [-0.1, -0.05) is 42.5 Å². The van der Waals surface area contributed by atoms with Crippen LogP contribution in [0.2, 0.25) is 0 Å². The molecule has 0 bridgehead atoms. The zero-order valence-corrected chi connectivity index (χ0v) is 11.2. The molecule has 1 aliphatic heterocycles. The van der Waals surface area contributed by atoms with Gasteiger partial charge in [0.05, 0.1) is 0 Å². The van der Waals surface area contributed by atoms with Crippen LogP contribution in [0.25, 0.3) is 6.08 Å². The first kappa shape index (κ1) is 13.0. The van der Waals surface area contributed by atoms with Gasteiger partial charge in [0.15, 0.2) is 0 Å². The Morgan fingerprint density at radius 1 is 1.28 bits per heavy atom. The lowest BCUT2D eigenvalue weighted by Crippen LogP contribution is -2.44. The van der Waals surface area contributed by atoms with E-state index in [9.17, 15) is 4.79 Å². The van der Waals surface area contributed by atoms with E-state index in [1.54, 1.807) is 0 Å². The van der Waals surface area contributed by atoms with Crippen molar-refractivity contribution >= 4 is 23.9 Å². The van der Waals surface area contributed by atoms with Gasteiger partial charge in [-0.25, -0.2) is 4.79 Å². The van der Waals surface area contributed by atoms with Crippen LogP contribution >= 0.6 is 11.8 Å². The van der Waals surface area contributed by atoms with E-state index >= 15 is 0 Å². The zero-order valence-electron chi connectivity index (χ0n) is 10.3. The first-order valence-electron chi connectivity index (χ1n) is 6.18. The summed E-state index contributed by atoms with van der Waals surface area (Å²) in [6.07, 6.45) is 4.00. The molecule has 0 saturated carbocycles. The molecule has 0 aromatic heterocycles. The van der Waals surface area contributed by atoms with E-state index in [1.807, 2.05) is 59.1 Å². The number of carbonyl (C=O) groups is 1. The second-order valence-electron chi connectivity index (χ2n) is 4.10. The minimum absolute atomic E-state index is 0.0491. The lowest BCUT2D eigenvalue weighted by Gasteiger charge is -2.26. The first-order valence-corrected chi connectivity index (χ1v) is 7.34. The van der Waals surface area contributed by atoms with E-state index in [4.69, 9.17) is 0 Å². The van der Waals surface area contributed by atoms with Crippen LogP contribution in [0.3, 0.4) is 0 Å². The van der Waals surface area contributed by atoms with Gasteiger partial charge in [-0.05, 0) is 5.56 Å². The number of rotatable bonds is 3. The van der Waals surface area contributed by atoms with Crippen molar-refractivity contribution in [1.29, 1.82) is 0 Å². The lowest BCUT2D eigenvalue weighted by molar-refractivity contribution is 0.204. The van der Waals surface area contributed by atoms with Crippen LogP contribution in [0, 0.1) is 0 Å². The fourth-order valence-electron chi connectivity index (χ4n) is 1.78. The molecule has 1 saturated heterocycles. The quantitative estimate of drug-likeness (QED) is 0.907. The minimum Gasteiger partial charge on any atom is -0.335 e. The van der Waals surface area contributed by atoms with Crippen LogP contribution in [0.15, 0.2) is 36.4 Å². The highest BCUT2D eigenvalue weighted by Crippen LogP contribution is 2.08. The van der Waals surface area contributed by atoms with Crippen molar-refractivity contribution in [1.82, 2.24) is 10.2 Å². The number of hydrogen-bond acceptors (Lipinski definition) is 2. The second kappa shape index (κ2) is 7.11. The van der Waals surface area contributed by atoms with Gasteiger partial charge < -0.3 is 10.2 Å². The van der Waals surface area contributed by atoms with Crippen molar-refractivity contribution in [3.8, 4) is 0 Å². The van der Waals surface area contributed by atoms with Crippen molar-refractivity contribution < 1.29 is 4.79 Å². The lowest BCUT2D eigenvalue weighted by atomic mass is 10.2. The first-order chi connectivity index (χ1) is 8.86. The third-order valence-electron chi connectivity index (χ3n) is 2.78. The molecule has 96 valence electrons. The fourth-order valence-corrected chi connectivity index (χ4v) is 2.69. The summed E-state index contributed by atoms with van der Waals surface area (Å²) in [5.74, 6) is 2.10. The van der Waals surface area contributed by atoms with Gasteiger partial charge >= 0.3 is 6.03 Å². The van der Waals surface area contributed by atoms with E-state index in [2.05, 4.69) is 5.32 Å². The molecule has 0 radical (unpaired) electrons. The van der Waals surface area contributed by atoms with E-state index in [-0.39, 0.29) is 6.03 Å². The van der Waals surface area contributed by atoms with Gasteiger partial charge in [0.1, 0.15) is 0 Å². The van der Waals surface area contributed by atoms with Crippen LogP contribution < -0.4 is 5.32 Å². The molecule has 0 unspecified atom stereocenters. The second-order valence-corrected chi connectivity index (χ2v) is 5.32. The molecule has 3 nitrogen and oxygen atoms in total. The topological polar surface area (TPSA) is 32.3 Å². The summed E-state index contributed by atoms with van der Waals surface area (Å²) in [5, 5.41) is 2.91. The maximum atomic E-state index is 11.8. The number of nitrogens with one attached hydrogen (secondary N) is 1. The molecule has 1 aromatic rings. The molecule has 18 heavy (non-hydrogen) atoms. The van der Waals surface area contributed by atoms with Crippen LogP contribution in [-0.2, 0) is 0 Å². The van der Waals surface area contributed by atoms with Gasteiger partial charge in [-0.2, -0.15) is 11.8 Å². The number of amides is 2. The molecule has 2 rings (SSSR count). The third-order valence-corrected chi connectivity index (χ3v) is 3.72. The zero-order chi connectivity index (χ0) is 12.6. The van der Waals surface area contributed by atoms with Gasteiger partial charge in [-0.3, -0.25) is 0 Å². The van der Waals surface area contributed by atoms with Crippen molar-refractivity contribution in [2.45, 2.75) is 0 Å². The summed E-state index contributed by atoms with van der Waals surface area (Å²) in [4.78, 5) is 13.7. The Kier molecular flexibility index (Phi) is 5.15. The molecule has 0 atom stereocenters. The van der Waals surface area contributed by atoms with E-state index in [0.29, 0.717) is 6.54 Å². The Hall–Kier alpha value is -1.42. The number of thioether (sulfide) groups is 1. The average molecular weight is 262 g/mol. The molecular formula is C14H18N2OS. The molecule has 1 heterocycles. The van der Waals surface area contributed by atoms with E-state index in [0.717, 1.165) is 30.2 Å². The molecule has 1 aliphatic rings. The smallest absolute Gasteiger partial charge is 0.317 e. The maximum absolute atomic E-state index is 11.8. The summed E-state index contributed by atoms with van der Waals surface area (Å²) >= 11 is 1.91. The fraction of sp³-hybridized carbons (Fsp3) is 0.357. The molecule has 2 amide bonds. The van der Waals surface area contributed by atoms with E-state index in [1.165, 1.54) is 0 Å². The third kappa shape index (κ3) is 4.11. The Labute approximate surface area is 112 Å². The van der Waals surface area contributed by atoms with Crippen LogP contribution in [0.5, 0.6) is 0 Å². The monoisotopic (exact) mass is 262 g/mol. The van der Waals surface area contributed by atoms with E-state index < -0.39 is 0 Å². The number of benzene rings is 1. The standard InChI is InChI=1S/C14H18N2OS/c17-14(16-9-11-18-12-10-16)15-8-4-7-13-5-2-1-3-6-13/h1-7H,8-12H2,(H,15,17). The Morgan fingerprint density at radius 2 is 2.00 bits per heavy atom. The SMILES string of the molecule is O=C(NCC=Cc1ccccc1)N1CCSCC1. The van der Waals surface area contributed by atoms with Gasteiger partial charge in [0.25, 0.3) is 0 Å². The number of carbonyl (C=O) groups excluding carboxylic acids is 1. The van der Waals surface area contributed by atoms with Crippen LogP contribution in [-0.4, -0.2) is 42.1 Å². The normalized spacial score (nSPS) is 15.9. The predicted octanol–water partition coefficient (Wildman–Crippen LogP) is 2.46. The Balaban J connectivity index is 1.71. The minimum atomic E-state index is 0.0491. The molecule has 1 fully saturated rings. The van der Waals surface area contributed by atoms with Crippen molar-refractivity contribution in [3.63, 3.8) is 0 Å². The summed E-state index contributed by atoms with van der Waals surface area (Å²) < 4.78 is 0. The molecule has 0 spiro atoms. The molecule has 1 aromatic carbocycles. The number of hydrogen-bond donors (Lipinski definition) is 1. The van der Waals surface area contributed by atoms with Crippen molar-refractivity contribution in [2.24, 2.45) is 0 Å². The van der Waals surface area contributed by atoms with Crippen LogP contribution in [0.1, 0.15) is 5.56 Å². The number of urea groups is 1. The number of nitrogens with zero attached hydrogens (tertiary/aromatic N) is 1. The van der Waals surface area contributed by atoms with Crippen molar-refractivity contribution in [2.75, 3.05) is 31.1 Å². The molecule has 1 N–H and O–H groups in total. The van der Waals surface area contributed by atoms with Crippen LogP contribution in [0.4, 0.5) is 4.79 Å². The van der Waals surface area contributed by atoms with Gasteiger partial charge in [0, 0.05) is 31.1 Å². The summed E-state index contributed by atoms with van der Waals surface area (Å²) in [6, 6.07) is 10.1. The molecule has 4 heteroatoms. The summed E-state index contributed by atoms with van der Waals surface area (Å²) in [5.41, 5.74) is 1.15. The van der Waals surface area contributed by atoms with Gasteiger partial charge in [0.2, 0.25) is 0 Å². The highest BCUT2D eigenvalue weighted by molar-refractivity contribution is 7.99. The molecular weight excluding hydrogens is 244 g/mol. The highest BCUT2D eigenvalue weighted by atomic mass is 32.2. The predicted molar refractivity (Wildman–Crippen MR) is 77.8 cm³/mol.